The van der Waals surface area contributed by atoms with E-state index >= 15 is 0 Å². The van der Waals surface area contributed by atoms with Gasteiger partial charge in [0.25, 0.3) is 0 Å². The second-order valence-corrected chi connectivity index (χ2v) is 4.15. The van der Waals surface area contributed by atoms with Gasteiger partial charge in [0.1, 0.15) is 11.6 Å². The lowest BCUT2D eigenvalue weighted by Crippen LogP contribution is -1.99. The van der Waals surface area contributed by atoms with Crippen molar-refractivity contribution in [3.63, 3.8) is 0 Å². The van der Waals surface area contributed by atoms with Crippen molar-refractivity contribution in [3.8, 4) is 17.1 Å². The minimum Gasteiger partial charge on any atom is -0.496 e. The molecule has 2 heterocycles. The Bertz CT molecular complexity index is 562. The van der Waals surface area contributed by atoms with Crippen LogP contribution in [0.25, 0.3) is 11.4 Å². The van der Waals surface area contributed by atoms with Crippen molar-refractivity contribution in [2.45, 2.75) is 19.4 Å². The minimum atomic E-state index is 0.687. The first-order valence-electron chi connectivity index (χ1n) is 5.65. The van der Waals surface area contributed by atoms with E-state index in [2.05, 4.69) is 14.8 Å². The van der Waals surface area contributed by atoms with E-state index in [0.29, 0.717) is 5.69 Å². The van der Waals surface area contributed by atoms with Gasteiger partial charge in [0.05, 0.1) is 12.7 Å². The molecule has 3 rings (SSSR count). The average Bonchev–Trinajstić information content (AvgIpc) is 2.91. The summed E-state index contributed by atoms with van der Waals surface area (Å²) >= 11 is 0. The summed E-state index contributed by atoms with van der Waals surface area (Å²) in [6.45, 7) is 0.977. The molecule has 2 N–H and O–H groups in total. The van der Waals surface area contributed by atoms with Crippen LogP contribution in [0.3, 0.4) is 0 Å². The van der Waals surface area contributed by atoms with E-state index in [1.165, 1.54) is 0 Å². The van der Waals surface area contributed by atoms with Crippen LogP contribution >= 0.6 is 0 Å². The number of anilines is 1. The van der Waals surface area contributed by atoms with Gasteiger partial charge in [0.2, 0.25) is 0 Å². The summed E-state index contributed by atoms with van der Waals surface area (Å²) in [6, 6.07) is 5.60. The zero-order valence-electron chi connectivity index (χ0n) is 9.68. The zero-order chi connectivity index (χ0) is 11.8. The summed E-state index contributed by atoms with van der Waals surface area (Å²) in [4.78, 5) is 0. The van der Waals surface area contributed by atoms with Gasteiger partial charge in [-0.3, -0.25) is 0 Å². The maximum atomic E-state index is 5.75. The van der Waals surface area contributed by atoms with Gasteiger partial charge in [0, 0.05) is 24.7 Å². The molecule has 0 aliphatic carbocycles. The van der Waals surface area contributed by atoms with Crippen LogP contribution in [-0.4, -0.2) is 21.9 Å². The molecule has 0 unspecified atom stereocenters. The van der Waals surface area contributed by atoms with Crippen molar-refractivity contribution in [1.82, 2.24) is 14.8 Å². The summed E-state index contributed by atoms with van der Waals surface area (Å²) in [6.07, 6.45) is 2.14. The molecule has 5 nitrogen and oxygen atoms in total. The fraction of sp³-hybridized carbons (Fsp3) is 0.333. The molecule has 0 atom stereocenters. The van der Waals surface area contributed by atoms with E-state index in [1.54, 1.807) is 7.11 Å². The maximum absolute atomic E-state index is 5.75. The van der Waals surface area contributed by atoms with Crippen LogP contribution in [0.4, 0.5) is 5.69 Å². The number of hydrogen-bond donors (Lipinski definition) is 1. The van der Waals surface area contributed by atoms with Crippen molar-refractivity contribution in [2.75, 3.05) is 12.8 Å². The van der Waals surface area contributed by atoms with Gasteiger partial charge in [-0.1, -0.05) is 0 Å². The van der Waals surface area contributed by atoms with Gasteiger partial charge in [-0.25, -0.2) is 0 Å². The van der Waals surface area contributed by atoms with Crippen LogP contribution < -0.4 is 10.5 Å². The molecule has 88 valence electrons. The molecule has 0 saturated heterocycles. The first kappa shape index (κ1) is 10.1. The number of hydrogen-bond acceptors (Lipinski definition) is 4. The molecule has 0 radical (unpaired) electrons. The van der Waals surface area contributed by atoms with Crippen LogP contribution in [0.5, 0.6) is 5.75 Å². The molecule has 1 aromatic heterocycles. The Morgan fingerprint density at radius 3 is 3.06 bits per heavy atom. The normalized spacial score (nSPS) is 13.7. The molecule has 0 spiro atoms. The highest BCUT2D eigenvalue weighted by Crippen LogP contribution is 2.32. The summed E-state index contributed by atoms with van der Waals surface area (Å²) in [7, 11) is 1.64. The molecule has 1 aliphatic rings. The smallest absolute Gasteiger partial charge is 0.167 e. The average molecular weight is 230 g/mol. The van der Waals surface area contributed by atoms with Crippen LogP contribution in [0, 0.1) is 0 Å². The number of aromatic nitrogens is 3. The SMILES string of the molecule is COc1cc(N)ccc1-c1nnc2n1CCC2. The highest BCUT2D eigenvalue weighted by atomic mass is 16.5. The van der Waals surface area contributed by atoms with Gasteiger partial charge >= 0.3 is 0 Å². The van der Waals surface area contributed by atoms with Crippen molar-refractivity contribution in [2.24, 2.45) is 0 Å². The molecule has 17 heavy (non-hydrogen) atoms. The molecular weight excluding hydrogens is 216 g/mol. The van der Waals surface area contributed by atoms with Crippen LogP contribution in [0.2, 0.25) is 0 Å². The lowest BCUT2D eigenvalue weighted by molar-refractivity contribution is 0.416. The summed E-state index contributed by atoms with van der Waals surface area (Å²) in [5.74, 6) is 2.67. The maximum Gasteiger partial charge on any atom is 0.167 e. The van der Waals surface area contributed by atoms with Crippen molar-refractivity contribution in [3.05, 3.63) is 24.0 Å². The van der Waals surface area contributed by atoms with Crippen molar-refractivity contribution >= 4 is 5.69 Å². The topological polar surface area (TPSA) is 66.0 Å². The Morgan fingerprint density at radius 1 is 1.35 bits per heavy atom. The molecule has 1 aliphatic heterocycles. The molecule has 1 aromatic carbocycles. The molecule has 0 amide bonds. The van der Waals surface area contributed by atoms with Crippen LogP contribution in [0.15, 0.2) is 18.2 Å². The van der Waals surface area contributed by atoms with Crippen molar-refractivity contribution in [1.29, 1.82) is 0 Å². The summed E-state index contributed by atoms with van der Waals surface area (Å²) < 4.78 is 7.50. The molecular formula is C12H14N4O. The largest absolute Gasteiger partial charge is 0.496 e. The highest BCUT2D eigenvalue weighted by Gasteiger charge is 2.20. The third kappa shape index (κ3) is 1.54. The highest BCUT2D eigenvalue weighted by molar-refractivity contribution is 5.68. The van der Waals surface area contributed by atoms with Crippen LogP contribution in [0.1, 0.15) is 12.2 Å². The predicted octanol–water partition coefficient (Wildman–Crippen LogP) is 1.48. The fourth-order valence-electron chi connectivity index (χ4n) is 2.24. The molecule has 5 heteroatoms. The number of fused-ring (bicyclic) bond motifs is 1. The van der Waals surface area contributed by atoms with Gasteiger partial charge in [0.15, 0.2) is 5.82 Å². The van der Waals surface area contributed by atoms with Crippen LogP contribution in [-0.2, 0) is 13.0 Å². The zero-order valence-corrected chi connectivity index (χ0v) is 9.68. The number of ether oxygens (including phenoxy) is 1. The molecule has 0 bridgehead atoms. The van der Waals surface area contributed by atoms with E-state index in [4.69, 9.17) is 10.5 Å². The fourth-order valence-corrected chi connectivity index (χ4v) is 2.24. The Balaban J connectivity index is 2.15. The Kier molecular flexibility index (Phi) is 2.24. The molecule has 0 fully saturated rings. The molecule has 0 saturated carbocycles. The number of nitrogens with zero attached hydrogens (tertiary/aromatic N) is 3. The number of methoxy groups -OCH3 is 1. The summed E-state index contributed by atoms with van der Waals surface area (Å²) in [5, 5.41) is 8.44. The third-order valence-electron chi connectivity index (χ3n) is 3.08. The quantitative estimate of drug-likeness (QED) is 0.794. The Labute approximate surface area is 99.2 Å². The second kappa shape index (κ2) is 3.76. The number of nitrogen functional groups attached to an aromatic ring is 1. The minimum absolute atomic E-state index is 0.687. The van der Waals surface area contributed by atoms with Gasteiger partial charge < -0.3 is 15.0 Å². The van der Waals surface area contributed by atoms with E-state index in [1.807, 2.05) is 18.2 Å². The monoisotopic (exact) mass is 230 g/mol. The van der Waals surface area contributed by atoms with Gasteiger partial charge in [-0.15, -0.1) is 10.2 Å². The van der Waals surface area contributed by atoms with E-state index < -0.39 is 0 Å². The first-order chi connectivity index (χ1) is 8.29. The second-order valence-electron chi connectivity index (χ2n) is 4.15. The number of nitrogens with two attached hydrogens (primary N) is 1. The van der Waals surface area contributed by atoms with E-state index in [0.717, 1.165) is 42.3 Å². The van der Waals surface area contributed by atoms with Crippen molar-refractivity contribution < 1.29 is 4.74 Å². The lowest BCUT2D eigenvalue weighted by Gasteiger charge is -2.09. The first-order valence-corrected chi connectivity index (χ1v) is 5.65. The summed E-state index contributed by atoms with van der Waals surface area (Å²) in [5.41, 5.74) is 7.38. The Morgan fingerprint density at radius 2 is 2.24 bits per heavy atom. The van der Waals surface area contributed by atoms with E-state index in [9.17, 15) is 0 Å². The van der Waals surface area contributed by atoms with E-state index in [-0.39, 0.29) is 0 Å². The van der Waals surface area contributed by atoms with Gasteiger partial charge in [-0.05, 0) is 18.6 Å². The third-order valence-corrected chi connectivity index (χ3v) is 3.08. The standard InChI is InChI=1S/C12H14N4O/c1-17-10-7-8(13)4-5-9(10)12-15-14-11-3-2-6-16(11)12/h4-5,7H,2-3,6,13H2,1H3. The number of aryl methyl sites for hydroxylation is 1. The Hall–Kier alpha value is -2.04. The number of benzene rings is 1. The van der Waals surface area contributed by atoms with Gasteiger partial charge in [-0.2, -0.15) is 0 Å². The predicted molar refractivity (Wildman–Crippen MR) is 64.7 cm³/mol. The number of rotatable bonds is 2. The lowest BCUT2D eigenvalue weighted by atomic mass is 10.1. The molecule has 2 aromatic rings.